The zero-order valence-corrected chi connectivity index (χ0v) is 19.0. The highest BCUT2D eigenvalue weighted by molar-refractivity contribution is 9.11. The van der Waals surface area contributed by atoms with E-state index < -0.39 is 11.9 Å². The SMILES string of the molecule is C[C@H](NC(=O)c1cc(Br)cc(Br)c1)c1nc(C2CC2)nn1-c1cc(C(N)=O)ncn1. The molecule has 1 aliphatic carbocycles. The Kier molecular flexibility index (Phi) is 5.65. The van der Waals surface area contributed by atoms with Gasteiger partial charge in [-0.2, -0.15) is 4.68 Å². The van der Waals surface area contributed by atoms with E-state index in [1.54, 1.807) is 12.1 Å². The number of carbonyl (C=O) groups excluding carboxylic acids is 2. The monoisotopic (exact) mass is 533 g/mol. The quantitative estimate of drug-likeness (QED) is 0.500. The molecule has 9 nitrogen and oxygen atoms in total. The van der Waals surface area contributed by atoms with E-state index in [2.05, 4.69) is 57.2 Å². The first-order valence-electron chi connectivity index (χ1n) is 9.18. The molecule has 3 aromatic rings. The number of hydrogen-bond acceptors (Lipinski definition) is 6. The third-order valence-electron chi connectivity index (χ3n) is 4.57. The molecule has 2 amide bonds. The van der Waals surface area contributed by atoms with Crippen LogP contribution in [-0.4, -0.2) is 36.5 Å². The maximum Gasteiger partial charge on any atom is 0.267 e. The second-order valence-electron chi connectivity index (χ2n) is 6.99. The lowest BCUT2D eigenvalue weighted by molar-refractivity contribution is 0.0936. The molecule has 1 aliphatic rings. The number of nitrogens with two attached hydrogens (primary N) is 1. The Bertz CT molecular complexity index is 1120. The summed E-state index contributed by atoms with van der Waals surface area (Å²) in [4.78, 5) is 37.0. The molecule has 0 unspecified atom stereocenters. The van der Waals surface area contributed by atoms with Gasteiger partial charge in [-0.3, -0.25) is 9.59 Å². The minimum absolute atomic E-state index is 0.0742. The van der Waals surface area contributed by atoms with Gasteiger partial charge in [-0.1, -0.05) is 31.9 Å². The fourth-order valence-electron chi connectivity index (χ4n) is 2.93. The Morgan fingerprint density at radius 1 is 1.17 bits per heavy atom. The molecular weight excluding hydrogens is 518 g/mol. The van der Waals surface area contributed by atoms with Gasteiger partial charge in [-0.15, -0.1) is 5.10 Å². The highest BCUT2D eigenvalue weighted by Gasteiger charge is 2.31. The van der Waals surface area contributed by atoms with E-state index in [0.717, 1.165) is 21.8 Å². The van der Waals surface area contributed by atoms with Crippen LogP contribution in [0.2, 0.25) is 0 Å². The van der Waals surface area contributed by atoms with Crippen molar-refractivity contribution in [1.82, 2.24) is 30.0 Å². The first-order valence-corrected chi connectivity index (χ1v) is 10.8. The van der Waals surface area contributed by atoms with E-state index >= 15 is 0 Å². The molecule has 0 aliphatic heterocycles. The number of hydrogen-bond donors (Lipinski definition) is 2. The number of halogens is 2. The van der Waals surface area contributed by atoms with E-state index in [4.69, 9.17) is 5.73 Å². The predicted molar refractivity (Wildman–Crippen MR) is 115 cm³/mol. The summed E-state index contributed by atoms with van der Waals surface area (Å²) in [6.45, 7) is 1.82. The third-order valence-corrected chi connectivity index (χ3v) is 5.49. The highest BCUT2D eigenvalue weighted by Crippen LogP contribution is 2.38. The summed E-state index contributed by atoms with van der Waals surface area (Å²) in [5.74, 6) is 0.937. The van der Waals surface area contributed by atoms with Crippen molar-refractivity contribution >= 4 is 43.7 Å². The number of amides is 2. The second-order valence-corrected chi connectivity index (χ2v) is 8.82. The molecule has 0 radical (unpaired) electrons. The van der Waals surface area contributed by atoms with E-state index in [1.165, 1.54) is 17.1 Å². The highest BCUT2D eigenvalue weighted by atomic mass is 79.9. The van der Waals surface area contributed by atoms with Crippen LogP contribution in [0.4, 0.5) is 0 Å². The Hall–Kier alpha value is -2.66. The third kappa shape index (κ3) is 4.41. The number of primary amides is 1. The first kappa shape index (κ1) is 20.6. The number of benzene rings is 1. The van der Waals surface area contributed by atoms with Crippen molar-refractivity contribution in [2.45, 2.75) is 31.7 Å². The van der Waals surface area contributed by atoms with E-state index in [1.807, 2.05) is 13.0 Å². The van der Waals surface area contributed by atoms with Crippen LogP contribution in [0.25, 0.3) is 5.82 Å². The van der Waals surface area contributed by atoms with Crippen LogP contribution in [-0.2, 0) is 0 Å². The lowest BCUT2D eigenvalue weighted by atomic mass is 10.2. The smallest absolute Gasteiger partial charge is 0.267 e. The van der Waals surface area contributed by atoms with Gasteiger partial charge in [-0.25, -0.2) is 15.0 Å². The standard InChI is InChI=1S/C19H17Br2N7O2/c1-9(25-19(30)11-4-12(20)6-13(21)5-11)18-26-17(10-2-3-10)27-28(18)15-7-14(16(22)29)23-8-24-15/h4-10H,2-3H2,1H3,(H2,22,29)(H,25,30)/t9-/m0/s1. The van der Waals surface area contributed by atoms with Crippen molar-refractivity contribution in [3.63, 3.8) is 0 Å². The van der Waals surface area contributed by atoms with Crippen molar-refractivity contribution < 1.29 is 9.59 Å². The second kappa shape index (κ2) is 8.23. The van der Waals surface area contributed by atoms with Gasteiger partial charge in [0.15, 0.2) is 17.5 Å². The van der Waals surface area contributed by atoms with Crippen LogP contribution in [0.15, 0.2) is 39.5 Å². The Labute approximate surface area is 188 Å². The number of rotatable bonds is 6. The van der Waals surface area contributed by atoms with Crippen molar-refractivity contribution in [1.29, 1.82) is 0 Å². The lowest BCUT2D eigenvalue weighted by Gasteiger charge is -2.14. The molecule has 4 rings (SSSR count). The maximum atomic E-state index is 12.8. The average molecular weight is 535 g/mol. The van der Waals surface area contributed by atoms with Crippen molar-refractivity contribution in [3.8, 4) is 5.82 Å². The molecule has 154 valence electrons. The molecule has 1 fully saturated rings. The fraction of sp³-hybridized carbons (Fsp3) is 0.263. The number of nitrogens with zero attached hydrogens (tertiary/aromatic N) is 5. The minimum Gasteiger partial charge on any atom is -0.364 e. The molecule has 2 aromatic heterocycles. The van der Waals surface area contributed by atoms with Crippen LogP contribution in [0.3, 0.4) is 0 Å². The molecule has 0 spiro atoms. The maximum absolute atomic E-state index is 12.8. The topological polar surface area (TPSA) is 129 Å². The van der Waals surface area contributed by atoms with Crippen molar-refractivity contribution in [2.75, 3.05) is 0 Å². The summed E-state index contributed by atoms with van der Waals surface area (Å²) in [6.07, 6.45) is 3.29. The van der Waals surface area contributed by atoms with E-state index in [9.17, 15) is 9.59 Å². The van der Waals surface area contributed by atoms with Gasteiger partial charge in [0.05, 0.1) is 6.04 Å². The Morgan fingerprint density at radius 3 is 2.50 bits per heavy atom. The Morgan fingerprint density at radius 2 is 1.87 bits per heavy atom. The molecular formula is C19H17Br2N7O2. The molecule has 1 saturated carbocycles. The fourth-order valence-corrected chi connectivity index (χ4v) is 4.22. The van der Waals surface area contributed by atoms with Gasteiger partial charge in [0.2, 0.25) is 0 Å². The zero-order valence-electron chi connectivity index (χ0n) is 15.8. The summed E-state index contributed by atoms with van der Waals surface area (Å²) in [6, 6.07) is 6.30. The van der Waals surface area contributed by atoms with Crippen LogP contribution in [0.1, 0.15) is 64.2 Å². The van der Waals surface area contributed by atoms with Gasteiger partial charge in [0.1, 0.15) is 12.0 Å². The number of carbonyl (C=O) groups is 2. The number of nitrogens with one attached hydrogen (secondary N) is 1. The summed E-state index contributed by atoms with van der Waals surface area (Å²) in [5, 5.41) is 7.52. The zero-order chi connectivity index (χ0) is 21.4. The lowest BCUT2D eigenvalue weighted by Crippen LogP contribution is -2.29. The van der Waals surface area contributed by atoms with Crippen LogP contribution < -0.4 is 11.1 Å². The van der Waals surface area contributed by atoms with Gasteiger partial charge in [-0.05, 0) is 38.0 Å². The van der Waals surface area contributed by atoms with Gasteiger partial charge in [0, 0.05) is 26.5 Å². The number of aromatic nitrogens is 5. The van der Waals surface area contributed by atoms with Crippen molar-refractivity contribution in [2.24, 2.45) is 5.73 Å². The molecule has 3 N–H and O–H groups in total. The van der Waals surface area contributed by atoms with Crippen molar-refractivity contribution in [3.05, 3.63) is 62.4 Å². The van der Waals surface area contributed by atoms with Crippen LogP contribution >= 0.6 is 31.9 Å². The van der Waals surface area contributed by atoms with Crippen LogP contribution in [0.5, 0.6) is 0 Å². The summed E-state index contributed by atoms with van der Waals surface area (Å²) >= 11 is 6.78. The minimum atomic E-state index is -0.663. The first-order chi connectivity index (χ1) is 14.3. The predicted octanol–water partition coefficient (Wildman–Crippen LogP) is 3.05. The largest absolute Gasteiger partial charge is 0.364 e. The average Bonchev–Trinajstić information content (AvgIpc) is 3.45. The summed E-state index contributed by atoms with van der Waals surface area (Å²) in [5.41, 5.74) is 5.91. The molecule has 30 heavy (non-hydrogen) atoms. The molecule has 11 heteroatoms. The Balaban J connectivity index is 1.66. The van der Waals surface area contributed by atoms with E-state index in [0.29, 0.717) is 28.9 Å². The summed E-state index contributed by atoms with van der Waals surface area (Å²) < 4.78 is 3.10. The van der Waals surface area contributed by atoms with Gasteiger partial charge >= 0.3 is 0 Å². The molecule has 0 bridgehead atoms. The molecule has 1 atom stereocenters. The molecule has 2 heterocycles. The molecule has 0 saturated heterocycles. The summed E-state index contributed by atoms with van der Waals surface area (Å²) in [7, 11) is 0. The van der Waals surface area contributed by atoms with Gasteiger partial charge < -0.3 is 11.1 Å². The molecule has 1 aromatic carbocycles. The normalized spacial score (nSPS) is 14.4. The van der Waals surface area contributed by atoms with E-state index in [-0.39, 0.29) is 11.6 Å². The van der Waals surface area contributed by atoms with Crippen LogP contribution in [0, 0.1) is 0 Å². The van der Waals surface area contributed by atoms with Gasteiger partial charge in [0.25, 0.3) is 11.8 Å².